The van der Waals surface area contributed by atoms with Gasteiger partial charge in [-0.05, 0) is 23.3 Å². The number of thioether (sulfide) groups is 1. The summed E-state index contributed by atoms with van der Waals surface area (Å²) in [5.74, 6) is 0.213. The van der Waals surface area contributed by atoms with E-state index in [1.165, 1.54) is 11.8 Å². The van der Waals surface area contributed by atoms with E-state index < -0.39 is 0 Å². The number of aliphatic hydroxyl groups is 1. The number of tetrazole rings is 1. The van der Waals surface area contributed by atoms with E-state index >= 15 is 0 Å². The van der Waals surface area contributed by atoms with E-state index in [1.807, 2.05) is 0 Å². The number of hydrogen-bond donors (Lipinski definition) is 1. The van der Waals surface area contributed by atoms with Crippen molar-refractivity contribution in [2.24, 2.45) is 0 Å². The summed E-state index contributed by atoms with van der Waals surface area (Å²) in [7, 11) is 0. The fraction of sp³-hybridized carbons (Fsp3) is 0.636. The lowest BCUT2D eigenvalue weighted by Crippen LogP contribution is -2.35. The van der Waals surface area contributed by atoms with Crippen LogP contribution in [0.3, 0.4) is 0 Å². The maximum atomic E-state index is 12.0. The monoisotopic (exact) mass is 283 g/mol. The first-order valence-electron chi connectivity index (χ1n) is 6.16. The number of nitrogens with zero attached hydrogens (tertiary/aromatic N) is 5. The molecule has 0 bridgehead atoms. The van der Waals surface area contributed by atoms with Crippen molar-refractivity contribution >= 4 is 17.7 Å². The molecule has 1 aromatic heterocycles. The summed E-state index contributed by atoms with van der Waals surface area (Å²) in [6.07, 6.45) is 3.84. The van der Waals surface area contributed by atoms with Crippen molar-refractivity contribution in [2.45, 2.75) is 24.0 Å². The zero-order valence-electron chi connectivity index (χ0n) is 10.6. The molecule has 1 saturated carbocycles. The van der Waals surface area contributed by atoms with E-state index in [0.717, 1.165) is 12.8 Å². The Kier molecular flexibility index (Phi) is 4.92. The highest BCUT2D eigenvalue weighted by Gasteiger charge is 2.28. The summed E-state index contributed by atoms with van der Waals surface area (Å²) < 4.78 is 1.78. The second-order valence-corrected chi connectivity index (χ2v) is 5.22. The van der Waals surface area contributed by atoms with Gasteiger partial charge in [0.15, 0.2) is 0 Å². The summed E-state index contributed by atoms with van der Waals surface area (Å²) in [5.41, 5.74) is 0. The molecule has 104 valence electrons. The molecule has 0 aromatic carbocycles. The number of rotatable bonds is 8. The number of amides is 1. The Balaban J connectivity index is 1.87. The highest BCUT2D eigenvalue weighted by molar-refractivity contribution is 7.99. The minimum absolute atomic E-state index is 0.0515. The van der Waals surface area contributed by atoms with E-state index in [-0.39, 0.29) is 18.3 Å². The Morgan fingerprint density at radius 2 is 2.42 bits per heavy atom. The quantitative estimate of drug-likeness (QED) is 0.538. The van der Waals surface area contributed by atoms with Crippen molar-refractivity contribution < 1.29 is 9.90 Å². The maximum Gasteiger partial charge on any atom is 0.233 e. The predicted octanol–water partition coefficient (Wildman–Crippen LogP) is 0.107. The first-order chi connectivity index (χ1) is 9.26. The topological polar surface area (TPSA) is 84.1 Å². The van der Waals surface area contributed by atoms with Gasteiger partial charge in [0.25, 0.3) is 0 Å². The number of carbonyl (C=O) groups excluding carboxylic acids is 1. The second kappa shape index (κ2) is 6.67. The van der Waals surface area contributed by atoms with Crippen LogP contribution in [0.2, 0.25) is 0 Å². The first kappa shape index (κ1) is 14.0. The average Bonchev–Trinajstić information content (AvgIpc) is 3.15. The van der Waals surface area contributed by atoms with Crippen LogP contribution in [0.25, 0.3) is 0 Å². The molecule has 0 radical (unpaired) electrons. The molecule has 1 heterocycles. The Morgan fingerprint density at radius 1 is 1.63 bits per heavy atom. The van der Waals surface area contributed by atoms with Crippen LogP contribution in [0.4, 0.5) is 0 Å². The Bertz CT molecular complexity index is 446. The molecule has 0 spiro atoms. The summed E-state index contributed by atoms with van der Waals surface area (Å²) in [6, 6.07) is 0.398. The zero-order chi connectivity index (χ0) is 13.7. The number of hydrogen-bond acceptors (Lipinski definition) is 6. The SMILES string of the molecule is C=CCN(CCO)C(=O)CSc1nnnn1C1CC1. The van der Waals surface area contributed by atoms with Crippen LogP contribution in [0.1, 0.15) is 18.9 Å². The van der Waals surface area contributed by atoms with Crippen LogP contribution in [0.5, 0.6) is 0 Å². The van der Waals surface area contributed by atoms with Gasteiger partial charge in [0, 0.05) is 13.1 Å². The predicted molar refractivity (Wildman–Crippen MR) is 70.7 cm³/mol. The molecule has 0 unspecified atom stereocenters. The summed E-state index contributed by atoms with van der Waals surface area (Å²) >= 11 is 1.33. The lowest BCUT2D eigenvalue weighted by molar-refractivity contribution is -0.128. The fourth-order valence-corrected chi connectivity index (χ4v) is 2.49. The van der Waals surface area contributed by atoms with Crippen LogP contribution in [0, 0.1) is 0 Å². The Morgan fingerprint density at radius 3 is 3.05 bits per heavy atom. The van der Waals surface area contributed by atoms with Crippen molar-refractivity contribution in [3.05, 3.63) is 12.7 Å². The van der Waals surface area contributed by atoms with Gasteiger partial charge in [-0.3, -0.25) is 4.79 Å². The van der Waals surface area contributed by atoms with E-state index in [9.17, 15) is 4.79 Å². The van der Waals surface area contributed by atoms with E-state index in [1.54, 1.807) is 15.7 Å². The number of carbonyl (C=O) groups is 1. The Labute approximate surface area is 115 Å². The lowest BCUT2D eigenvalue weighted by Gasteiger charge is -2.19. The summed E-state index contributed by atoms with van der Waals surface area (Å²) in [6.45, 7) is 4.31. The molecule has 0 saturated heterocycles. The third kappa shape index (κ3) is 3.77. The average molecular weight is 283 g/mol. The van der Waals surface area contributed by atoms with Crippen LogP contribution in [0.15, 0.2) is 17.8 Å². The number of aromatic nitrogens is 4. The van der Waals surface area contributed by atoms with Gasteiger partial charge in [-0.2, -0.15) is 0 Å². The van der Waals surface area contributed by atoms with Crippen LogP contribution in [-0.4, -0.2) is 61.6 Å². The fourth-order valence-electron chi connectivity index (χ4n) is 1.64. The maximum absolute atomic E-state index is 12.0. The highest BCUT2D eigenvalue weighted by atomic mass is 32.2. The van der Waals surface area contributed by atoms with Gasteiger partial charge in [0.2, 0.25) is 11.1 Å². The van der Waals surface area contributed by atoms with Gasteiger partial charge in [0.1, 0.15) is 0 Å². The van der Waals surface area contributed by atoms with Crippen molar-refractivity contribution in [3.63, 3.8) is 0 Å². The summed E-state index contributed by atoms with van der Waals surface area (Å²) in [5, 5.41) is 21.1. The van der Waals surface area contributed by atoms with Crippen molar-refractivity contribution in [3.8, 4) is 0 Å². The second-order valence-electron chi connectivity index (χ2n) is 4.28. The molecule has 0 atom stereocenters. The molecule has 1 aliphatic carbocycles. The van der Waals surface area contributed by atoms with Gasteiger partial charge in [0.05, 0.1) is 18.4 Å². The first-order valence-corrected chi connectivity index (χ1v) is 7.15. The van der Waals surface area contributed by atoms with Gasteiger partial charge in [-0.25, -0.2) is 4.68 Å². The molecular weight excluding hydrogens is 266 g/mol. The minimum Gasteiger partial charge on any atom is -0.395 e. The highest BCUT2D eigenvalue weighted by Crippen LogP contribution is 2.36. The normalized spacial score (nSPS) is 14.4. The minimum atomic E-state index is -0.0516. The molecule has 1 aromatic rings. The summed E-state index contributed by atoms with van der Waals surface area (Å²) in [4.78, 5) is 13.5. The van der Waals surface area contributed by atoms with Gasteiger partial charge in [-0.15, -0.1) is 11.7 Å². The van der Waals surface area contributed by atoms with Crippen molar-refractivity contribution in [1.29, 1.82) is 0 Å². The van der Waals surface area contributed by atoms with Crippen molar-refractivity contribution in [1.82, 2.24) is 25.1 Å². The smallest absolute Gasteiger partial charge is 0.233 e. The standard InChI is InChI=1S/C11H17N5O2S/c1-2-5-15(6-7-17)10(18)8-19-11-12-13-14-16(11)9-3-4-9/h2,9,17H,1,3-8H2. The van der Waals surface area contributed by atoms with Crippen LogP contribution < -0.4 is 0 Å². The number of aliphatic hydroxyl groups excluding tert-OH is 1. The molecule has 7 nitrogen and oxygen atoms in total. The molecule has 8 heteroatoms. The zero-order valence-corrected chi connectivity index (χ0v) is 11.4. The van der Waals surface area contributed by atoms with Crippen LogP contribution in [-0.2, 0) is 4.79 Å². The molecular formula is C11H17N5O2S. The molecule has 0 aliphatic heterocycles. The third-order valence-corrected chi connectivity index (χ3v) is 3.67. The van der Waals surface area contributed by atoms with E-state index in [2.05, 4.69) is 22.1 Å². The third-order valence-electron chi connectivity index (χ3n) is 2.75. The van der Waals surface area contributed by atoms with Gasteiger partial charge >= 0.3 is 0 Å². The van der Waals surface area contributed by atoms with Gasteiger partial charge in [-0.1, -0.05) is 17.8 Å². The van der Waals surface area contributed by atoms with Crippen molar-refractivity contribution in [2.75, 3.05) is 25.4 Å². The molecule has 2 rings (SSSR count). The largest absolute Gasteiger partial charge is 0.395 e. The molecule has 1 aliphatic rings. The molecule has 1 fully saturated rings. The van der Waals surface area contributed by atoms with E-state index in [4.69, 9.17) is 5.11 Å². The molecule has 1 N–H and O–H groups in total. The van der Waals surface area contributed by atoms with Crippen LogP contribution >= 0.6 is 11.8 Å². The van der Waals surface area contributed by atoms with E-state index in [0.29, 0.717) is 24.3 Å². The lowest BCUT2D eigenvalue weighted by atomic mass is 10.4. The molecule has 1 amide bonds. The Hall–Kier alpha value is -1.41. The van der Waals surface area contributed by atoms with Gasteiger partial charge < -0.3 is 10.0 Å². The molecule has 19 heavy (non-hydrogen) atoms.